The van der Waals surface area contributed by atoms with Crippen molar-refractivity contribution in [3.8, 4) is 0 Å². The molecule has 1 nitrogen and oxygen atoms in total. The highest BCUT2D eigenvalue weighted by Gasteiger charge is 2.48. The lowest BCUT2D eigenvalue weighted by Gasteiger charge is -2.38. The van der Waals surface area contributed by atoms with Crippen molar-refractivity contribution >= 4 is 58.9 Å². The third-order valence-corrected chi connectivity index (χ3v) is 12.5. The van der Waals surface area contributed by atoms with Gasteiger partial charge in [-0.15, -0.1) is 0 Å². The van der Waals surface area contributed by atoms with Gasteiger partial charge in [-0.05, 0) is 60.9 Å². The van der Waals surface area contributed by atoms with Crippen molar-refractivity contribution in [1.29, 1.82) is 0 Å². The van der Waals surface area contributed by atoms with E-state index in [1.807, 2.05) is 92.7 Å². The Kier molecular flexibility index (Phi) is 8.81. The maximum absolute atomic E-state index is 16.8. The van der Waals surface area contributed by atoms with Crippen LogP contribution in [0.3, 0.4) is 0 Å². The van der Waals surface area contributed by atoms with Crippen LogP contribution in [0.2, 0.25) is 20.1 Å². The summed E-state index contributed by atoms with van der Waals surface area (Å²) in [7, 11) is -3.69. The molecule has 2 unspecified atom stereocenters. The third-order valence-electron chi connectivity index (χ3n) is 7.29. The fourth-order valence-corrected chi connectivity index (χ4v) is 11.5. The van der Waals surface area contributed by atoms with Gasteiger partial charge in [-0.25, -0.2) is 0 Å². The normalized spacial score (nSPS) is 14.3. The van der Waals surface area contributed by atoms with Crippen LogP contribution >= 0.6 is 53.5 Å². The summed E-state index contributed by atoms with van der Waals surface area (Å²) < 4.78 is 16.8. The molecule has 0 heterocycles. The van der Waals surface area contributed by atoms with E-state index in [-0.39, 0.29) is 0 Å². The Hall–Kier alpha value is -2.51. The van der Waals surface area contributed by atoms with Gasteiger partial charge in [0.2, 0.25) is 0 Å². The van der Waals surface area contributed by atoms with Gasteiger partial charge in [0.15, 0.2) is 0 Å². The topological polar surface area (TPSA) is 17.1 Å². The van der Waals surface area contributed by atoms with Gasteiger partial charge in [0.25, 0.3) is 0 Å². The minimum Gasteiger partial charge on any atom is -0.317 e. The molecular weight excluding hydrogens is 597 g/mol. The average Bonchev–Trinajstić information content (AvgIpc) is 2.95. The van der Waals surface area contributed by atoms with Crippen LogP contribution in [-0.2, 0) is 4.57 Å². The summed E-state index contributed by atoms with van der Waals surface area (Å²) in [5, 5.41) is 2.53. The molecule has 40 heavy (non-hydrogen) atoms. The smallest absolute Gasteiger partial charge is 0.138 e. The SMILES string of the molecule is Cc1ccc(C)c(P(=O)(C(c2ccccc2)c2c(Cl)cccc2Cl)C(c2ccccc2)c2c(Cl)cccc2Cl)c1. The van der Waals surface area contributed by atoms with Gasteiger partial charge >= 0.3 is 0 Å². The average molecular weight is 624 g/mol. The third kappa shape index (κ3) is 5.39. The number of aryl methyl sites for hydroxylation is 2. The molecule has 202 valence electrons. The molecule has 5 aromatic carbocycles. The van der Waals surface area contributed by atoms with Crippen molar-refractivity contribution in [2.24, 2.45) is 0 Å². The zero-order chi connectivity index (χ0) is 28.4. The highest BCUT2D eigenvalue weighted by Crippen LogP contribution is 2.74. The minimum absolute atomic E-state index is 0.448. The quantitative estimate of drug-likeness (QED) is 0.165. The Bertz CT molecular complexity index is 1560. The molecule has 0 bridgehead atoms. The van der Waals surface area contributed by atoms with Crippen LogP contribution in [0, 0.1) is 13.8 Å². The molecule has 5 aromatic rings. The van der Waals surface area contributed by atoms with E-state index in [4.69, 9.17) is 46.4 Å². The van der Waals surface area contributed by atoms with E-state index in [0.717, 1.165) is 27.6 Å². The summed E-state index contributed by atoms with van der Waals surface area (Å²) in [5.74, 6) is 0. The summed E-state index contributed by atoms with van der Waals surface area (Å²) in [6.45, 7) is 4.00. The molecule has 0 N–H and O–H groups in total. The summed E-state index contributed by atoms with van der Waals surface area (Å²) >= 11 is 27.8. The maximum atomic E-state index is 16.8. The fraction of sp³-hybridized carbons (Fsp3) is 0.118. The monoisotopic (exact) mass is 622 g/mol. The first-order chi connectivity index (χ1) is 19.2. The first-order valence-electron chi connectivity index (χ1n) is 12.9. The maximum Gasteiger partial charge on any atom is 0.138 e. The van der Waals surface area contributed by atoms with Crippen LogP contribution in [0.1, 0.15) is 44.7 Å². The summed E-state index contributed by atoms with van der Waals surface area (Å²) in [6, 6.07) is 36.5. The summed E-state index contributed by atoms with van der Waals surface area (Å²) in [4.78, 5) is 0. The van der Waals surface area contributed by atoms with Crippen LogP contribution < -0.4 is 5.30 Å². The van der Waals surface area contributed by atoms with Gasteiger partial charge in [-0.3, -0.25) is 0 Å². The first-order valence-corrected chi connectivity index (χ1v) is 16.2. The van der Waals surface area contributed by atoms with Crippen molar-refractivity contribution in [2.45, 2.75) is 25.2 Å². The predicted octanol–water partition coefficient (Wildman–Crippen LogP) is 11.5. The molecule has 6 heteroatoms. The second kappa shape index (κ2) is 12.2. The van der Waals surface area contributed by atoms with E-state index in [9.17, 15) is 0 Å². The van der Waals surface area contributed by atoms with Gasteiger partial charge in [0.05, 0.1) is 11.3 Å². The molecule has 2 atom stereocenters. The van der Waals surface area contributed by atoms with E-state index in [1.54, 1.807) is 36.4 Å². The van der Waals surface area contributed by atoms with Crippen molar-refractivity contribution in [2.75, 3.05) is 0 Å². The number of rotatable bonds is 7. The van der Waals surface area contributed by atoms with Gasteiger partial charge in [-0.1, -0.05) is 137 Å². The lowest BCUT2D eigenvalue weighted by atomic mass is 10.0. The first kappa shape index (κ1) is 29.0. The highest BCUT2D eigenvalue weighted by atomic mass is 35.5. The standard InChI is InChI=1S/C34H27Cl4OP/c1-22-19-20-23(2)30(21-22)40(39,33(24-11-5-3-6-12-24)31-26(35)15-9-16-27(31)36)34(25-13-7-4-8-14-25)32-28(37)17-10-18-29(32)38/h3-21,33-34H,1-2H3. The largest absolute Gasteiger partial charge is 0.317 e. The number of hydrogen-bond acceptors (Lipinski definition) is 1. The summed E-state index contributed by atoms with van der Waals surface area (Å²) in [6.07, 6.45) is 0. The van der Waals surface area contributed by atoms with Crippen LogP contribution in [0.15, 0.2) is 115 Å². The van der Waals surface area contributed by atoms with Gasteiger partial charge in [0.1, 0.15) is 7.14 Å². The van der Waals surface area contributed by atoms with E-state index < -0.39 is 18.5 Å². The zero-order valence-corrected chi connectivity index (χ0v) is 25.9. The number of benzene rings is 5. The van der Waals surface area contributed by atoms with E-state index in [1.165, 1.54) is 0 Å². The van der Waals surface area contributed by atoms with Crippen LogP contribution in [-0.4, -0.2) is 0 Å². The summed E-state index contributed by atoms with van der Waals surface area (Å²) in [5.41, 5.74) is 3.41. The molecular formula is C34H27Cl4OP. The van der Waals surface area contributed by atoms with E-state index >= 15 is 4.57 Å². The van der Waals surface area contributed by atoms with Crippen molar-refractivity contribution in [3.63, 3.8) is 0 Å². The van der Waals surface area contributed by atoms with E-state index in [2.05, 4.69) is 0 Å². The Morgan fingerprint density at radius 1 is 0.525 bits per heavy atom. The molecule has 0 saturated carbocycles. The van der Waals surface area contributed by atoms with Crippen LogP contribution in [0.5, 0.6) is 0 Å². The molecule has 0 aliphatic heterocycles. The van der Waals surface area contributed by atoms with Gasteiger partial charge in [0, 0.05) is 36.5 Å². The molecule has 0 aliphatic rings. The molecule has 0 saturated heterocycles. The Morgan fingerprint density at radius 2 is 0.925 bits per heavy atom. The zero-order valence-electron chi connectivity index (χ0n) is 22.0. The molecule has 0 amide bonds. The van der Waals surface area contributed by atoms with Crippen LogP contribution in [0.4, 0.5) is 0 Å². The molecule has 0 fully saturated rings. The second-order valence-electron chi connectivity index (χ2n) is 9.90. The fourth-order valence-electron chi connectivity index (χ4n) is 5.50. The molecule has 0 aliphatic carbocycles. The Labute approximate surface area is 256 Å². The predicted molar refractivity (Wildman–Crippen MR) is 173 cm³/mol. The van der Waals surface area contributed by atoms with Crippen molar-refractivity contribution in [1.82, 2.24) is 0 Å². The molecule has 0 spiro atoms. The highest BCUT2D eigenvalue weighted by molar-refractivity contribution is 7.72. The lowest BCUT2D eigenvalue weighted by Crippen LogP contribution is -2.23. The van der Waals surface area contributed by atoms with Gasteiger partial charge < -0.3 is 4.57 Å². The number of halogens is 4. The second-order valence-corrected chi connectivity index (χ2v) is 14.5. The Morgan fingerprint density at radius 3 is 1.32 bits per heavy atom. The van der Waals surface area contributed by atoms with Crippen molar-refractivity contribution < 1.29 is 4.57 Å². The van der Waals surface area contributed by atoms with E-state index in [0.29, 0.717) is 31.2 Å². The lowest BCUT2D eigenvalue weighted by molar-refractivity contribution is 0.571. The van der Waals surface area contributed by atoms with Crippen molar-refractivity contribution in [3.05, 3.63) is 169 Å². The Balaban J connectivity index is 2.01. The molecule has 5 rings (SSSR count). The minimum atomic E-state index is -3.69. The van der Waals surface area contributed by atoms with Gasteiger partial charge in [-0.2, -0.15) is 0 Å². The molecule has 0 radical (unpaired) electrons. The molecule has 0 aromatic heterocycles. The number of hydrogen-bond donors (Lipinski definition) is 0. The van der Waals surface area contributed by atoms with Crippen LogP contribution in [0.25, 0.3) is 0 Å².